The second-order valence-corrected chi connectivity index (χ2v) is 2.60. The Balaban J connectivity index is 2.90. The van der Waals surface area contributed by atoms with Gasteiger partial charge < -0.3 is 0 Å². The average Bonchev–Trinajstić information content (AvgIpc) is 2.31. The topological polar surface area (TPSA) is 30.2 Å². The number of aryl methyl sites for hydroxylation is 2. The van der Waals surface area contributed by atoms with E-state index in [1.165, 1.54) is 0 Å². The van der Waals surface area contributed by atoms with E-state index in [0.717, 1.165) is 17.2 Å². The standard InChI is InChI=1S/C8H9N3/c1-6-5-11-7(2)9-4-3-8(11)10-6/h3-5H,1-2H3. The molecule has 2 aromatic heterocycles. The molecule has 11 heavy (non-hydrogen) atoms. The number of fused-ring (bicyclic) bond motifs is 1. The molecule has 0 atom stereocenters. The summed E-state index contributed by atoms with van der Waals surface area (Å²) in [5.41, 5.74) is 2.00. The molecule has 0 N–H and O–H groups in total. The fraction of sp³-hybridized carbons (Fsp3) is 0.250. The van der Waals surface area contributed by atoms with Gasteiger partial charge >= 0.3 is 0 Å². The van der Waals surface area contributed by atoms with E-state index >= 15 is 0 Å². The van der Waals surface area contributed by atoms with Gasteiger partial charge in [0.2, 0.25) is 0 Å². The molecule has 0 aliphatic rings. The fourth-order valence-corrected chi connectivity index (χ4v) is 1.17. The molecular formula is C8H9N3. The van der Waals surface area contributed by atoms with Gasteiger partial charge in [0.1, 0.15) is 11.5 Å². The summed E-state index contributed by atoms with van der Waals surface area (Å²) in [5.74, 6) is 0.975. The predicted octanol–water partition coefficient (Wildman–Crippen LogP) is 1.35. The first-order valence-corrected chi connectivity index (χ1v) is 3.55. The van der Waals surface area contributed by atoms with E-state index in [1.807, 2.05) is 30.5 Å². The molecule has 0 saturated carbocycles. The Morgan fingerprint density at radius 2 is 2.18 bits per heavy atom. The van der Waals surface area contributed by atoms with Crippen LogP contribution in [0.25, 0.3) is 5.65 Å². The van der Waals surface area contributed by atoms with Gasteiger partial charge in [0.25, 0.3) is 0 Å². The maximum Gasteiger partial charge on any atom is 0.139 e. The van der Waals surface area contributed by atoms with E-state index in [4.69, 9.17) is 0 Å². The molecule has 0 aromatic carbocycles. The predicted molar refractivity (Wildman–Crippen MR) is 42.5 cm³/mol. The van der Waals surface area contributed by atoms with Crippen LogP contribution in [0.4, 0.5) is 0 Å². The molecule has 0 fully saturated rings. The van der Waals surface area contributed by atoms with Gasteiger partial charge in [0.05, 0.1) is 5.69 Å². The monoisotopic (exact) mass is 147 g/mol. The van der Waals surface area contributed by atoms with E-state index in [2.05, 4.69) is 9.97 Å². The van der Waals surface area contributed by atoms with Crippen LogP contribution in [0.15, 0.2) is 18.5 Å². The fourth-order valence-electron chi connectivity index (χ4n) is 1.17. The van der Waals surface area contributed by atoms with Gasteiger partial charge in [0, 0.05) is 12.4 Å². The maximum absolute atomic E-state index is 4.30. The number of rotatable bonds is 0. The number of imidazole rings is 1. The summed E-state index contributed by atoms with van der Waals surface area (Å²) >= 11 is 0. The molecule has 2 rings (SSSR count). The van der Waals surface area contributed by atoms with Crippen LogP contribution in [-0.2, 0) is 0 Å². The summed E-state index contributed by atoms with van der Waals surface area (Å²) in [7, 11) is 0. The van der Waals surface area contributed by atoms with Crippen molar-refractivity contribution in [1.29, 1.82) is 0 Å². The zero-order valence-corrected chi connectivity index (χ0v) is 6.57. The molecule has 56 valence electrons. The Bertz CT molecular complexity index is 389. The molecule has 0 saturated heterocycles. The van der Waals surface area contributed by atoms with Gasteiger partial charge in [0.15, 0.2) is 0 Å². The van der Waals surface area contributed by atoms with Crippen LogP contribution in [0.1, 0.15) is 11.5 Å². The molecule has 2 aromatic rings. The normalized spacial score (nSPS) is 10.7. The molecule has 3 heteroatoms. The van der Waals surface area contributed by atoms with Crippen LogP contribution in [-0.4, -0.2) is 14.4 Å². The summed E-state index contributed by atoms with van der Waals surface area (Å²) < 4.78 is 1.98. The Morgan fingerprint density at radius 1 is 1.36 bits per heavy atom. The lowest BCUT2D eigenvalue weighted by Gasteiger charge is -1.94. The smallest absolute Gasteiger partial charge is 0.139 e. The molecule has 2 heterocycles. The number of nitrogens with zero attached hydrogens (tertiary/aromatic N) is 3. The highest BCUT2D eigenvalue weighted by Gasteiger charge is 1.97. The Kier molecular flexibility index (Phi) is 1.18. The highest BCUT2D eigenvalue weighted by atomic mass is 15.1. The van der Waals surface area contributed by atoms with Crippen LogP contribution in [0.3, 0.4) is 0 Å². The van der Waals surface area contributed by atoms with E-state index in [1.54, 1.807) is 6.20 Å². The molecule has 0 unspecified atom stereocenters. The molecule has 3 nitrogen and oxygen atoms in total. The highest BCUT2D eigenvalue weighted by Crippen LogP contribution is 2.04. The van der Waals surface area contributed by atoms with Crippen LogP contribution in [0.5, 0.6) is 0 Å². The lowest BCUT2D eigenvalue weighted by molar-refractivity contribution is 0.987. The van der Waals surface area contributed by atoms with E-state index in [9.17, 15) is 0 Å². The van der Waals surface area contributed by atoms with Crippen molar-refractivity contribution < 1.29 is 0 Å². The summed E-state index contributed by atoms with van der Waals surface area (Å²) in [5, 5.41) is 0. The maximum atomic E-state index is 4.30. The SMILES string of the molecule is Cc1cn2c(C)nccc2n1. The third-order valence-corrected chi connectivity index (χ3v) is 1.69. The first kappa shape index (κ1) is 6.34. The molecular weight excluding hydrogens is 138 g/mol. The van der Waals surface area contributed by atoms with Crippen molar-refractivity contribution >= 4 is 5.65 Å². The highest BCUT2D eigenvalue weighted by molar-refractivity contribution is 5.38. The molecule has 0 bridgehead atoms. The lowest BCUT2D eigenvalue weighted by Crippen LogP contribution is -1.91. The van der Waals surface area contributed by atoms with Crippen LogP contribution in [0, 0.1) is 13.8 Å². The van der Waals surface area contributed by atoms with Gasteiger partial charge in [-0.15, -0.1) is 0 Å². The van der Waals surface area contributed by atoms with Crippen molar-refractivity contribution in [1.82, 2.24) is 14.4 Å². The molecule has 0 spiro atoms. The van der Waals surface area contributed by atoms with Gasteiger partial charge in [-0.2, -0.15) is 0 Å². The van der Waals surface area contributed by atoms with Crippen molar-refractivity contribution in [3.05, 3.63) is 30.0 Å². The molecule has 0 aliphatic heterocycles. The van der Waals surface area contributed by atoms with E-state index in [-0.39, 0.29) is 0 Å². The van der Waals surface area contributed by atoms with Gasteiger partial charge in [-0.1, -0.05) is 0 Å². The minimum Gasteiger partial charge on any atom is -0.288 e. The summed E-state index contributed by atoms with van der Waals surface area (Å²) in [6, 6.07) is 1.90. The van der Waals surface area contributed by atoms with Gasteiger partial charge in [-0.05, 0) is 19.9 Å². The van der Waals surface area contributed by atoms with Crippen molar-refractivity contribution in [2.24, 2.45) is 0 Å². The first-order valence-electron chi connectivity index (χ1n) is 3.55. The number of hydrogen-bond donors (Lipinski definition) is 0. The summed E-state index contributed by atoms with van der Waals surface area (Å²) in [6.45, 7) is 3.94. The van der Waals surface area contributed by atoms with Crippen molar-refractivity contribution in [2.75, 3.05) is 0 Å². The molecule has 0 radical (unpaired) electrons. The zero-order valence-electron chi connectivity index (χ0n) is 6.57. The van der Waals surface area contributed by atoms with Crippen molar-refractivity contribution in [3.63, 3.8) is 0 Å². The number of aromatic nitrogens is 3. The lowest BCUT2D eigenvalue weighted by atomic mass is 10.5. The second-order valence-electron chi connectivity index (χ2n) is 2.60. The third-order valence-electron chi connectivity index (χ3n) is 1.69. The largest absolute Gasteiger partial charge is 0.288 e. The zero-order chi connectivity index (χ0) is 7.84. The third kappa shape index (κ3) is 0.888. The number of hydrogen-bond acceptors (Lipinski definition) is 2. The van der Waals surface area contributed by atoms with Crippen molar-refractivity contribution in [2.45, 2.75) is 13.8 Å². The first-order chi connectivity index (χ1) is 5.27. The van der Waals surface area contributed by atoms with Gasteiger partial charge in [-0.3, -0.25) is 4.40 Å². The minimum atomic E-state index is 0.968. The minimum absolute atomic E-state index is 0.968. The summed E-state index contributed by atoms with van der Waals surface area (Å²) in [6.07, 6.45) is 3.76. The average molecular weight is 147 g/mol. The van der Waals surface area contributed by atoms with E-state index in [0.29, 0.717) is 0 Å². The second kappa shape index (κ2) is 2.05. The Morgan fingerprint density at radius 3 is 2.91 bits per heavy atom. The Hall–Kier alpha value is -1.38. The molecule has 0 aliphatic carbocycles. The van der Waals surface area contributed by atoms with E-state index < -0.39 is 0 Å². The van der Waals surface area contributed by atoms with Gasteiger partial charge in [-0.25, -0.2) is 9.97 Å². The molecule has 0 amide bonds. The van der Waals surface area contributed by atoms with Crippen LogP contribution < -0.4 is 0 Å². The van der Waals surface area contributed by atoms with Crippen LogP contribution >= 0.6 is 0 Å². The summed E-state index contributed by atoms with van der Waals surface area (Å²) in [4.78, 5) is 8.44. The Labute approximate surface area is 64.7 Å². The van der Waals surface area contributed by atoms with Crippen LogP contribution in [0.2, 0.25) is 0 Å². The van der Waals surface area contributed by atoms with Crippen molar-refractivity contribution in [3.8, 4) is 0 Å². The quantitative estimate of drug-likeness (QED) is 0.563.